The van der Waals surface area contributed by atoms with Gasteiger partial charge in [-0.25, -0.2) is 4.79 Å². The molecule has 1 saturated heterocycles. The number of urea groups is 1. The highest BCUT2D eigenvalue weighted by molar-refractivity contribution is 5.84. The molecular formula is C26H38N4O4. The highest BCUT2D eigenvalue weighted by Crippen LogP contribution is 2.14. The normalized spacial score (nSPS) is 14.1. The van der Waals surface area contributed by atoms with Gasteiger partial charge in [0.1, 0.15) is 18.1 Å². The summed E-state index contributed by atoms with van der Waals surface area (Å²) in [6.45, 7) is 9.72. The van der Waals surface area contributed by atoms with Gasteiger partial charge in [-0.3, -0.25) is 9.69 Å². The van der Waals surface area contributed by atoms with Crippen molar-refractivity contribution < 1.29 is 18.7 Å². The van der Waals surface area contributed by atoms with Gasteiger partial charge in [0.05, 0.1) is 19.8 Å². The number of unbranched alkanes of at least 4 members (excludes halogenated alkanes) is 1. The molecule has 1 N–H and O–H groups in total. The van der Waals surface area contributed by atoms with Crippen LogP contribution < -0.4 is 5.32 Å². The molecule has 2 heterocycles. The predicted octanol–water partition coefficient (Wildman–Crippen LogP) is 3.26. The van der Waals surface area contributed by atoms with Crippen LogP contribution in [0.25, 0.3) is 0 Å². The second-order valence-corrected chi connectivity index (χ2v) is 8.71. The van der Waals surface area contributed by atoms with Crippen molar-refractivity contribution >= 4 is 11.9 Å². The van der Waals surface area contributed by atoms with E-state index >= 15 is 0 Å². The molecule has 1 aromatic carbocycles. The lowest BCUT2D eigenvalue weighted by atomic mass is 10.2. The van der Waals surface area contributed by atoms with Crippen molar-refractivity contribution in [2.45, 2.75) is 39.8 Å². The zero-order valence-corrected chi connectivity index (χ0v) is 20.5. The molecule has 34 heavy (non-hydrogen) atoms. The Morgan fingerprint density at radius 1 is 1.03 bits per heavy atom. The maximum absolute atomic E-state index is 13.5. The number of morpholine rings is 1. The third-order valence-corrected chi connectivity index (χ3v) is 5.92. The Labute approximate surface area is 202 Å². The minimum Gasteiger partial charge on any atom is -0.464 e. The van der Waals surface area contributed by atoms with Crippen molar-refractivity contribution in [1.82, 2.24) is 20.0 Å². The molecular weight excluding hydrogens is 432 g/mol. The van der Waals surface area contributed by atoms with E-state index in [2.05, 4.69) is 17.1 Å². The maximum atomic E-state index is 13.5. The zero-order valence-electron chi connectivity index (χ0n) is 20.5. The van der Waals surface area contributed by atoms with Crippen LogP contribution in [-0.2, 0) is 22.6 Å². The second kappa shape index (κ2) is 13.8. The molecule has 186 valence electrons. The first-order valence-electron chi connectivity index (χ1n) is 12.2. The number of furan rings is 1. The number of nitrogens with one attached hydrogen (secondary N) is 1. The quantitative estimate of drug-likeness (QED) is 0.482. The van der Waals surface area contributed by atoms with Crippen LogP contribution in [0.2, 0.25) is 0 Å². The van der Waals surface area contributed by atoms with Gasteiger partial charge in [0.15, 0.2) is 0 Å². The minimum atomic E-state index is -0.191. The second-order valence-electron chi connectivity index (χ2n) is 8.71. The van der Waals surface area contributed by atoms with E-state index in [0.29, 0.717) is 45.9 Å². The highest BCUT2D eigenvalue weighted by atomic mass is 16.5. The molecule has 0 bridgehead atoms. The summed E-state index contributed by atoms with van der Waals surface area (Å²) in [6.07, 6.45) is 1.91. The van der Waals surface area contributed by atoms with Gasteiger partial charge in [0.25, 0.3) is 0 Å². The molecule has 1 fully saturated rings. The number of carbonyl (C=O) groups excluding carboxylic acids is 2. The Morgan fingerprint density at radius 2 is 1.79 bits per heavy atom. The molecule has 0 radical (unpaired) electrons. The van der Waals surface area contributed by atoms with E-state index in [0.717, 1.165) is 43.0 Å². The summed E-state index contributed by atoms with van der Waals surface area (Å²) in [5, 5.41) is 2.97. The summed E-state index contributed by atoms with van der Waals surface area (Å²) in [5.74, 6) is 1.43. The van der Waals surface area contributed by atoms with Crippen molar-refractivity contribution in [2.24, 2.45) is 0 Å². The number of benzene rings is 1. The maximum Gasteiger partial charge on any atom is 0.317 e. The molecule has 0 aliphatic carbocycles. The van der Waals surface area contributed by atoms with Crippen LogP contribution in [-0.4, -0.2) is 79.1 Å². The van der Waals surface area contributed by atoms with Crippen molar-refractivity contribution in [1.29, 1.82) is 0 Å². The van der Waals surface area contributed by atoms with Gasteiger partial charge in [-0.05, 0) is 31.0 Å². The third-order valence-electron chi connectivity index (χ3n) is 5.92. The summed E-state index contributed by atoms with van der Waals surface area (Å²) in [7, 11) is 0. The van der Waals surface area contributed by atoms with Crippen molar-refractivity contribution in [3.63, 3.8) is 0 Å². The first kappa shape index (κ1) is 25.8. The predicted molar refractivity (Wildman–Crippen MR) is 131 cm³/mol. The lowest BCUT2D eigenvalue weighted by molar-refractivity contribution is -0.133. The van der Waals surface area contributed by atoms with E-state index in [1.165, 1.54) is 0 Å². The number of carbonyl (C=O) groups is 2. The topological polar surface area (TPSA) is 78.3 Å². The van der Waals surface area contributed by atoms with E-state index in [1.54, 1.807) is 9.80 Å². The number of hydrogen-bond donors (Lipinski definition) is 1. The fourth-order valence-electron chi connectivity index (χ4n) is 3.88. The Balaban J connectivity index is 1.69. The van der Waals surface area contributed by atoms with Crippen LogP contribution in [0.1, 0.15) is 36.8 Å². The van der Waals surface area contributed by atoms with Crippen LogP contribution in [0.15, 0.2) is 46.9 Å². The first-order valence-corrected chi connectivity index (χ1v) is 12.2. The van der Waals surface area contributed by atoms with E-state index in [-0.39, 0.29) is 18.5 Å². The number of ether oxygens (including phenoxy) is 1. The smallest absolute Gasteiger partial charge is 0.317 e. The first-order chi connectivity index (χ1) is 16.5. The van der Waals surface area contributed by atoms with Gasteiger partial charge < -0.3 is 24.3 Å². The van der Waals surface area contributed by atoms with Gasteiger partial charge in [-0.1, -0.05) is 43.7 Å². The summed E-state index contributed by atoms with van der Waals surface area (Å²) >= 11 is 0. The molecule has 3 amide bonds. The molecule has 1 aromatic heterocycles. The van der Waals surface area contributed by atoms with Gasteiger partial charge in [-0.15, -0.1) is 0 Å². The SMILES string of the molecule is CCCCNC(=O)N(CCN1CCOCC1)CC(=O)N(Cc1ccccc1)Cc1ccc(C)o1. The molecule has 8 heteroatoms. The van der Waals surface area contributed by atoms with Crippen LogP contribution in [0, 0.1) is 6.92 Å². The van der Waals surface area contributed by atoms with Crippen molar-refractivity contribution in [3.8, 4) is 0 Å². The summed E-state index contributed by atoms with van der Waals surface area (Å²) in [4.78, 5) is 32.1. The highest BCUT2D eigenvalue weighted by Gasteiger charge is 2.23. The Morgan fingerprint density at radius 3 is 2.47 bits per heavy atom. The average molecular weight is 471 g/mol. The van der Waals surface area contributed by atoms with E-state index in [1.807, 2.05) is 49.4 Å². The van der Waals surface area contributed by atoms with Gasteiger partial charge >= 0.3 is 6.03 Å². The minimum absolute atomic E-state index is 0.0226. The standard InChI is InChI=1S/C26H38N4O4/c1-3-4-12-27-26(32)29(14-13-28-15-17-33-18-16-28)21-25(31)30(19-23-8-6-5-7-9-23)20-24-11-10-22(2)34-24/h5-11H,3-4,12-21H2,1-2H3,(H,27,32). The summed E-state index contributed by atoms with van der Waals surface area (Å²) in [6, 6.07) is 13.5. The molecule has 2 aromatic rings. The molecule has 8 nitrogen and oxygen atoms in total. The van der Waals surface area contributed by atoms with Crippen molar-refractivity contribution in [3.05, 3.63) is 59.5 Å². The van der Waals surface area contributed by atoms with Gasteiger partial charge in [0, 0.05) is 39.3 Å². The number of rotatable bonds is 12. The third kappa shape index (κ3) is 8.50. The van der Waals surface area contributed by atoms with E-state index in [4.69, 9.17) is 9.15 Å². The number of nitrogens with zero attached hydrogens (tertiary/aromatic N) is 3. The Kier molecular flexibility index (Phi) is 10.4. The van der Waals surface area contributed by atoms with Crippen molar-refractivity contribution in [2.75, 3.05) is 52.5 Å². The number of aryl methyl sites for hydroxylation is 1. The molecule has 1 aliphatic rings. The molecule has 0 spiro atoms. The average Bonchev–Trinajstić information content (AvgIpc) is 3.27. The van der Waals surface area contributed by atoms with Gasteiger partial charge in [0.2, 0.25) is 5.91 Å². The Hall–Kier alpha value is -2.84. The Bertz CT molecular complexity index is 880. The van der Waals surface area contributed by atoms with E-state index < -0.39 is 0 Å². The molecule has 0 unspecified atom stereocenters. The van der Waals surface area contributed by atoms with Crippen LogP contribution in [0.3, 0.4) is 0 Å². The lowest BCUT2D eigenvalue weighted by Gasteiger charge is -2.31. The molecule has 1 aliphatic heterocycles. The molecule has 3 rings (SSSR count). The fraction of sp³-hybridized carbons (Fsp3) is 0.538. The van der Waals surface area contributed by atoms with Crippen LogP contribution in [0.4, 0.5) is 4.79 Å². The number of amides is 3. The van der Waals surface area contributed by atoms with Crippen LogP contribution >= 0.6 is 0 Å². The largest absolute Gasteiger partial charge is 0.464 e. The summed E-state index contributed by atoms with van der Waals surface area (Å²) in [5.41, 5.74) is 1.03. The van der Waals surface area contributed by atoms with Gasteiger partial charge in [-0.2, -0.15) is 0 Å². The van der Waals surface area contributed by atoms with E-state index in [9.17, 15) is 9.59 Å². The molecule has 0 saturated carbocycles. The molecule has 0 atom stereocenters. The zero-order chi connectivity index (χ0) is 24.2. The van der Waals surface area contributed by atoms with Crippen LogP contribution in [0.5, 0.6) is 0 Å². The monoisotopic (exact) mass is 470 g/mol. The number of hydrogen-bond acceptors (Lipinski definition) is 5. The lowest BCUT2D eigenvalue weighted by Crippen LogP contribution is -2.50. The fourth-order valence-corrected chi connectivity index (χ4v) is 3.88. The summed E-state index contributed by atoms with van der Waals surface area (Å²) < 4.78 is 11.2.